The molecule has 0 bridgehead atoms. The van der Waals surface area contributed by atoms with Crippen molar-refractivity contribution in [3.8, 4) is 0 Å². The van der Waals surface area contributed by atoms with Crippen molar-refractivity contribution in [3.05, 3.63) is 46.6 Å². The molecule has 0 aliphatic heterocycles. The molecule has 0 spiro atoms. The van der Waals surface area contributed by atoms with Crippen LogP contribution in [-0.4, -0.2) is 16.1 Å². The molecule has 1 amide bonds. The monoisotopic (exact) mass is 287 g/mol. The number of hydrogen-bond donors (Lipinski definition) is 2. The second kappa shape index (κ2) is 4.73. The smallest absolute Gasteiger partial charge is 0.292 e. The van der Waals surface area contributed by atoms with Crippen LogP contribution >= 0.6 is 0 Å². The highest BCUT2D eigenvalue weighted by Gasteiger charge is 2.19. The number of aryl methyl sites for hydroxylation is 2. The number of nitrogens with one attached hydrogen (secondary N) is 2. The Balaban J connectivity index is 1.98. The number of halogens is 1. The molecular weight excluding hydrogens is 273 g/mol. The van der Waals surface area contributed by atoms with E-state index >= 15 is 0 Å². The summed E-state index contributed by atoms with van der Waals surface area (Å²) in [6.07, 6.45) is 0. The molecule has 5 nitrogen and oxygen atoms in total. The summed E-state index contributed by atoms with van der Waals surface area (Å²) in [7, 11) is 0. The maximum atomic E-state index is 13.3. The van der Waals surface area contributed by atoms with Crippen LogP contribution in [0.4, 0.5) is 10.2 Å². The largest absolute Gasteiger partial charge is 0.451 e. The van der Waals surface area contributed by atoms with E-state index in [0.29, 0.717) is 22.4 Å². The highest BCUT2D eigenvalue weighted by molar-refractivity contribution is 6.06. The Morgan fingerprint density at radius 2 is 2.05 bits per heavy atom. The quantitative estimate of drug-likeness (QED) is 0.758. The highest BCUT2D eigenvalue weighted by atomic mass is 19.1. The number of benzene rings is 1. The van der Waals surface area contributed by atoms with Crippen LogP contribution in [0, 0.1) is 26.6 Å². The van der Waals surface area contributed by atoms with Gasteiger partial charge in [0.15, 0.2) is 11.6 Å². The lowest BCUT2D eigenvalue weighted by molar-refractivity contribution is 0.0997. The molecule has 2 aromatic heterocycles. The SMILES string of the molecule is Cc1[nH]nc(NC(=O)c2oc3ccc(F)cc3c2C)c1C. The summed E-state index contributed by atoms with van der Waals surface area (Å²) in [6.45, 7) is 5.45. The summed E-state index contributed by atoms with van der Waals surface area (Å²) in [6, 6.07) is 4.17. The number of anilines is 1. The molecule has 0 atom stereocenters. The Hall–Kier alpha value is -2.63. The van der Waals surface area contributed by atoms with Gasteiger partial charge in [-0.1, -0.05) is 0 Å². The third-order valence-corrected chi connectivity index (χ3v) is 3.59. The number of amides is 1. The summed E-state index contributed by atoms with van der Waals surface area (Å²) >= 11 is 0. The van der Waals surface area contributed by atoms with E-state index in [1.54, 1.807) is 6.92 Å². The van der Waals surface area contributed by atoms with Crippen molar-refractivity contribution in [2.45, 2.75) is 20.8 Å². The number of aromatic amines is 1. The van der Waals surface area contributed by atoms with Crippen molar-refractivity contribution in [2.24, 2.45) is 0 Å². The highest BCUT2D eigenvalue weighted by Crippen LogP contribution is 2.27. The van der Waals surface area contributed by atoms with Crippen LogP contribution < -0.4 is 5.32 Å². The predicted octanol–water partition coefficient (Wildman–Crippen LogP) is 3.47. The third kappa shape index (κ3) is 2.18. The van der Waals surface area contributed by atoms with Crippen molar-refractivity contribution in [2.75, 3.05) is 5.32 Å². The zero-order valence-electron chi connectivity index (χ0n) is 11.9. The lowest BCUT2D eigenvalue weighted by Gasteiger charge is -2.01. The van der Waals surface area contributed by atoms with E-state index in [9.17, 15) is 9.18 Å². The first-order chi connectivity index (χ1) is 9.97. The van der Waals surface area contributed by atoms with E-state index in [4.69, 9.17) is 4.42 Å². The summed E-state index contributed by atoms with van der Waals surface area (Å²) in [5.74, 6) is -0.143. The van der Waals surface area contributed by atoms with E-state index in [1.165, 1.54) is 18.2 Å². The minimum atomic E-state index is -0.404. The third-order valence-electron chi connectivity index (χ3n) is 3.59. The molecule has 6 heteroatoms. The van der Waals surface area contributed by atoms with E-state index in [-0.39, 0.29) is 11.6 Å². The number of carbonyl (C=O) groups is 1. The van der Waals surface area contributed by atoms with Gasteiger partial charge in [-0.15, -0.1) is 0 Å². The molecule has 0 aliphatic carbocycles. The van der Waals surface area contributed by atoms with Crippen molar-refractivity contribution < 1.29 is 13.6 Å². The van der Waals surface area contributed by atoms with Gasteiger partial charge in [0.2, 0.25) is 0 Å². The number of nitrogens with zero attached hydrogens (tertiary/aromatic N) is 1. The van der Waals surface area contributed by atoms with Gasteiger partial charge in [-0.05, 0) is 39.0 Å². The normalized spacial score (nSPS) is 11.0. The summed E-state index contributed by atoms with van der Waals surface area (Å²) in [5.41, 5.74) is 2.83. The van der Waals surface area contributed by atoms with E-state index in [2.05, 4.69) is 15.5 Å². The standard InChI is InChI=1S/C15H14FN3O2/c1-7-9(3)18-19-14(7)17-15(20)13-8(2)11-6-10(16)4-5-12(11)21-13/h4-6H,1-3H3,(H2,17,18,19,20). The molecule has 2 heterocycles. The number of carbonyl (C=O) groups excluding carboxylic acids is 1. The molecule has 2 N–H and O–H groups in total. The van der Waals surface area contributed by atoms with Gasteiger partial charge in [0, 0.05) is 22.2 Å². The van der Waals surface area contributed by atoms with Crippen LogP contribution in [0.5, 0.6) is 0 Å². The Morgan fingerprint density at radius 3 is 2.71 bits per heavy atom. The fraction of sp³-hybridized carbons (Fsp3) is 0.200. The Labute approximate surface area is 120 Å². The number of aromatic nitrogens is 2. The minimum absolute atomic E-state index is 0.163. The molecule has 0 aliphatic rings. The van der Waals surface area contributed by atoms with E-state index in [0.717, 1.165) is 11.3 Å². The Morgan fingerprint density at radius 1 is 1.29 bits per heavy atom. The van der Waals surface area contributed by atoms with Crippen LogP contribution in [0.1, 0.15) is 27.4 Å². The topological polar surface area (TPSA) is 70.9 Å². The molecule has 0 saturated carbocycles. The molecule has 0 fully saturated rings. The van der Waals surface area contributed by atoms with Gasteiger partial charge in [-0.2, -0.15) is 5.10 Å². The van der Waals surface area contributed by atoms with Crippen LogP contribution in [0.15, 0.2) is 22.6 Å². The lowest BCUT2D eigenvalue weighted by Crippen LogP contribution is -2.13. The zero-order valence-corrected chi connectivity index (χ0v) is 11.9. The van der Waals surface area contributed by atoms with Gasteiger partial charge in [0.05, 0.1) is 0 Å². The van der Waals surface area contributed by atoms with Crippen molar-refractivity contribution >= 4 is 22.7 Å². The van der Waals surface area contributed by atoms with Gasteiger partial charge < -0.3 is 9.73 Å². The second-order valence-corrected chi connectivity index (χ2v) is 4.97. The summed E-state index contributed by atoms with van der Waals surface area (Å²) in [4.78, 5) is 12.3. The van der Waals surface area contributed by atoms with Crippen LogP contribution in [0.2, 0.25) is 0 Å². The number of H-pyrrole nitrogens is 1. The first-order valence-corrected chi connectivity index (χ1v) is 6.49. The minimum Gasteiger partial charge on any atom is -0.451 e. The van der Waals surface area contributed by atoms with Gasteiger partial charge in [0.1, 0.15) is 11.4 Å². The average Bonchev–Trinajstić information content (AvgIpc) is 2.94. The van der Waals surface area contributed by atoms with E-state index < -0.39 is 5.91 Å². The fourth-order valence-electron chi connectivity index (χ4n) is 2.18. The van der Waals surface area contributed by atoms with Crippen LogP contribution in [0.25, 0.3) is 11.0 Å². The molecular formula is C15H14FN3O2. The molecule has 0 unspecified atom stereocenters. The fourth-order valence-corrected chi connectivity index (χ4v) is 2.18. The first kappa shape index (κ1) is 13.4. The molecule has 108 valence electrons. The van der Waals surface area contributed by atoms with Crippen LogP contribution in [-0.2, 0) is 0 Å². The predicted molar refractivity (Wildman–Crippen MR) is 76.9 cm³/mol. The second-order valence-electron chi connectivity index (χ2n) is 4.97. The molecule has 0 radical (unpaired) electrons. The van der Waals surface area contributed by atoms with Crippen molar-refractivity contribution in [1.82, 2.24) is 10.2 Å². The van der Waals surface area contributed by atoms with Crippen molar-refractivity contribution in [1.29, 1.82) is 0 Å². The van der Waals surface area contributed by atoms with Crippen LogP contribution in [0.3, 0.4) is 0 Å². The molecule has 0 saturated heterocycles. The molecule has 3 aromatic rings. The number of rotatable bonds is 2. The maximum Gasteiger partial charge on any atom is 0.292 e. The molecule has 1 aromatic carbocycles. The first-order valence-electron chi connectivity index (χ1n) is 6.49. The average molecular weight is 287 g/mol. The Kier molecular flexibility index (Phi) is 3.01. The molecule has 21 heavy (non-hydrogen) atoms. The summed E-state index contributed by atoms with van der Waals surface area (Å²) in [5, 5.41) is 10.1. The van der Waals surface area contributed by atoms with Crippen molar-refractivity contribution in [3.63, 3.8) is 0 Å². The lowest BCUT2D eigenvalue weighted by atomic mass is 10.1. The zero-order chi connectivity index (χ0) is 15.1. The summed E-state index contributed by atoms with van der Waals surface area (Å²) < 4.78 is 18.8. The van der Waals surface area contributed by atoms with Gasteiger partial charge >= 0.3 is 0 Å². The van der Waals surface area contributed by atoms with E-state index in [1.807, 2.05) is 13.8 Å². The maximum absolute atomic E-state index is 13.3. The van der Waals surface area contributed by atoms with Gasteiger partial charge in [-0.25, -0.2) is 4.39 Å². The number of furan rings is 1. The van der Waals surface area contributed by atoms with Gasteiger partial charge in [0.25, 0.3) is 5.91 Å². The number of hydrogen-bond acceptors (Lipinski definition) is 3. The Bertz CT molecular complexity index is 848. The van der Waals surface area contributed by atoms with Gasteiger partial charge in [-0.3, -0.25) is 9.89 Å². The number of fused-ring (bicyclic) bond motifs is 1. The molecule has 3 rings (SSSR count).